The fourth-order valence-corrected chi connectivity index (χ4v) is 2.90. The van der Waals surface area contributed by atoms with E-state index in [0.29, 0.717) is 23.0 Å². The van der Waals surface area contributed by atoms with Crippen molar-refractivity contribution in [1.82, 2.24) is 9.55 Å². The summed E-state index contributed by atoms with van der Waals surface area (Å²) in [6.45, 7) is 0.597. The molecule has 1 aromatic heterocycles. The molecule has 21 heavy (non-hydrogen) atoms. The molecule has 106 valence electrons. The molecule has 0 saturated carbocycles. The molecule has 0 unspecified atom stereocenters. The molecule has 0 spiro atoms. The smallest absolute Gasteiger partial charge is 0.144 e. The summed E-state index contributed by atoms with van der Waals surface area (Å²) >= 11 is 9.57. The van der Waals surface area contributed by atoms with E-state index in [2.05, 4.69) is 20.9 Å². The van der Waals surface area contributed by atoms with Gasteiger partial charge in [0.05, 0.1) is 10.6 Å². The number of hydrogen-bond donors (Lipinski definition) is 0. The van der Waals surface area contributed by atoms with Gasteiger partial charge in [0.2, 0.25) is 0 Å². The van der Waals surface area contributed by atoms with E-state index < -0.39 is 0 Å². The molecular formula is C16H11BrClFN2. The number of hydrogen-bond acceptors (Lipinski definition) is 1. The number of rotatable bonds is 3. The highest BCUT2D eigenvalue weighted by Crippen LogP contribution is 2.29. The van der Waals surface area contributed by atoms with Crippen LogP contribution in [0.3, 0.4) is 0 Å². The van der Waals surface area contributed by atoms with Crippen molar-refractivity contribution in [3.8, 4) is 11.4 Å². The van der Waals surface area contributed by atoms with E-state index in [1.165, 1.54) is 6.07 Å². The lowest BCUT2D eigenvalue weighted by molar-refractivity contribution is 0.628. The van der Waals surface area contributed by atoms with Crippen molar-refractivity contribution < 1.29 is 4.39 Å². The standard InChI is InChI=1S/C16H11BrClFN2/c17-12-4-1-3-11(9-12)10-21-8-7-20-16(21)15-13(18)5-2-6-14(15)19/h1-9H,10H2. The summed E-state index contributed by atoms with van der Waals surface area (Å²) in [6, 6.07) is 12.6. The number of nitrogens with zero attached hydrogens (tertiary/aromatic N) is 2. The summed E-state index contributed by atoms with van der Waals surface area (Å²) in [6.07, 6.45) is 3.47. The van der Waals surface area contributed by atoms with Crippen molar-refractivity contribution in [3.63, 3.8) is 0 Å². The Morgan fingerprint density at radius 2 is 2.00 bits per heavy atom. The van der Waals surface area contributed by atoms with Crippen LogP contribution >= 0.6 is 27.5 Å². The second kappa shape index (κ2) is 6.00. The van der Waals surface area contributed by atoms with E-state index in [9.17, 15) is 4.39 Å². The summed E-state index contributed by atoms with van der Waals surface area (Å²) in [7, 11) is 0. The zero-order chi connectivity index (χ0) is 14.8. The van der Waals surface area contributed by atoms with E-state index in [1.807, 2.05) is 35.0 Å². The van der Waals surface area contributed by atoms with Crippen LogP contribution in [0, 0.1) is 5.82 Å². The molecule has 1 heterocycles. The van der Waals surface area contributed by atoms with Gasteiger partial charge in [-0.1, -0.05) is 45.7 Å². The zero-order valence-corrected chi connectivity index (χ0v) is 13.3. The minimum absolute atomic E-state index is 0.333. The maximum atomic E-state index is 14.1. The van der Waals surface area contributed by atoms with Gasteiger partial charge < -0.3 is 4.57 Å². The largest absolute Gasteiger partial charge is 0.326 e. The van der Waals surface area contributed by atoms with Gasteiger partial charge in [-0.3, -0.25) is 0 Å². The van der Waals surface area contributed by atoms with E-state index in [0.717, 1.165) is 10.0 Å². The van der Waals surface area contributed by atoms with Crippen molar-refractivity contribution in [3.05, 3.63) is 75.7 Å². The Morgan fingerprint density at radius 3 is 2.76 bits per heavy atom. The molecule has 5 heteroatoms. The van der Waals surface area contributed by atoms with Crippen molar-refractivity contribution in [1.29, 1.82) is 0 Å². The lowest BCUT2D eigenvalue weighted by Crippen LogP contribution is -2.02. The number of halogens is 3. The van der Waals surface area contributed by atoms with E-state index >= 15 is 0 Å². The summed E-state index contributed by atoms with van der Waals surface area (Å²) in [5.41, 5.74) is 1.43. The Labute approximate surface area is 135 Å². The predicted molar refractivity (Wildman–Crippen MR) is 85.9 cm³/mol. The molecule has 0 saturated heterocycles. The summed E-state index contributed by atoms with van der Waals surface area (Å²) in [5.74, 6) is 0.155. The van der Waals surface area contributed by atoms with Crippen LogP contribution in [0.2, 0.25) is 5.02 Å². The predicted octanol–water partition coefficient (Wildman–Crippen LogP) is 5.15. The van der Waals surface area contributed by atoms with Crippen LogP contribution in [-0.4, -0.2) is 9.55 Å². The molecule has 0 bridgehead atoms. The third-order valence-electron chi connectivity index (χ3n) is 3.14. The molecule has 0 N–H and O–H groups in total. The quantitative estimate of drug-likeness (QED) is 0.627. The summed E-state index contributed by atoms with van der Waals surface area (Å²) < 4.78 is 16.9. The Hall–Kier alpha value is -1.65. The Balaban J connectivity index is 2.02. The normalized spacial score (nSPS) is 10.8. The fourth-order valence-electron chi connectivity index (χ4n) is 2.21. The van der Waals surface area contributed by atoms with Gasteiger partial charge in [-0.25, -0.2) is 9.37 Å². The van der Waals surface area contributed by atoms with Crippen molar-refractivity contribution >= 4 is 27.5 Å². The molecule has 0 amide bonds. The monoisotopic (exact) mass is 364 g/mol. The van der Waals surface area contributed by atoms with Crippen LogP contribution in [0.5, 0.6) is 0 Å². The third-order valence-corrected chi connectivity index (χ3v) is 3.95. The maximum Gasteiger partial charge on any atom is 0.144 e. The molecule has 3 rings (SSSR count). The van der Waals surface area contributed by atoms with Crippen LogP contribution in [0.1, 0.15) is 5.56 Å². The zero-order valence-electron chi connectivity index (χ0n) is 10.9. The first-order chi connectivity index (χ1) is 10.1. The van der Waals surface area contributed by atoms with E-state index in [4.69, 9.17) is 11.6 Å². The lowest BCUT2D eigenvalue weighted by Gasteiger charge is -2.10. The van der Waals surface area contributed by atoms with Gasteiger partial charge in [0.25, 0.3) is 0 Å². The maximum absolute atomic E-state index is 14.1. The first-order valence-electron chi connectivity index (χ1n) is 6.35. The number of imidazole rings is 1. The second-order valence-electron chi connectivity index (χ2n) is 4.61. The highest BCUT2D eigenvalue weighted by molar-refractivity contribution is 9.10. The van der Waals surface area contributed by atoms with Gasteiger partial charge in [-0.05, 0) is 29.8 Å². The first kappa shape index (κ1) is 14.3. The summed E-state index contributed by atoms with van der Waals surface area (Å²) in [5, 5.41) is 0.358. The van der Waals surface area contributed by atoms with Gasteiger partial charge in [-0.2, -0.15) is 0 Å². The molecule has 0 radical (unpaired) electrons. The molecule has 2 nitrogen and oxygen atoms in total. The van der Waals surface area contributed by atoms with Crippen molar-refractivity contribution in [2.24, 2.45) is 0 Å². The molecule has 0 aliphatic rings. The Bertz CT molecular complexity index is 765. The summed E-state index contributed by atoms with van der Waals surface area (Å²) in [4.78, 5) is 4.25. The van der Waals surface area contributed by atoms with Crippen LogP contribution in [-0.2, 0) is 6.54 Å². The second-order valence-corrected chi connectivity index (χ2v) is 5.93. The lowest BCUT2D eigenvalue weighted by atomic mass is 10.2. The van der Waals surface area contributed by atoms with Crippen molar-refractivity contribution in [2.45, 2.75) is 6.54 Å². The average Bonchev–Trinajstić information content (AvgIpc) is 2.87. The minimum atomic E-state index is -0.371. The van der Waals surface area contributed by atoms with Crippen LogP contribution in [0.4, 0.5) is 4.39 Å². The van der Waals surface area contributed by atoms with Gasteiger partial charge in [0, 0.05) is 23.4 Å². The van der Waals surface area contributed by atoms with Crippen LogP contribution < -0.4 is 0 Å². The van der Waals surface area contributed by atoms with Crippen LogP contribution in [0.15, 0.2) is 59.3 Å². The number of aromatic nitrogens is 2. The highest BCUT2D eigenvalue weighted by atomic mass is 79.9. The van der Waals surface area contributed by atoms with Crippen molar-refractivity contribution in [2.75, 3.05) is 0 Å². The highest BCUT2D eigenvalue weighted by Gasteiger charge is 2.15. The van der Waals surface area contributed by atoms with E-state index in [-0.39, 0.29) is 5.82 Å². The average molecular weight is 366 g/mol. The Morgan fingerprint density at radius 1 is 1.19 bits per heavy atom. The molecular weight excluding hydrogens is 355 g/mol. The Kier molecular flexibility index (Phi) is 4.08. The van der Waals surface area contributed by atoms with Crippen LogP contribution in [0.25, 0.3) is 11.4 Å². The molecule has 0 atom stereocenters. The molecule has 0 aliphatic carbocycles. The third kappa shape index (κ3) is 3.01. The molecule has 0 aliphatic heterocycles. The van der Waals surface area contributed by atoms with Gasteiger partial charge in [0.1, 0.15) is 11.6 Å². The van der Waals surface area contributed by atoms with Gasteiger partial charge >= 0.3 is 0 Å². The minimum Gasteiger partial charge on any atom is -0.326 e. The van der Waals surface area contributed by atoms with Gasteiger partial charge in [-0.15, -0.1) is 0 Å². The fraction of sp³-hybridized carbons (Fsp3) is 0.0625. The SMILES string of the molecule is Fc1cccc(Cl)c1-c1nccn1Cc1cccc(Br)c1. The molecule has 0 fully saturated rings. The topological polar surface area (TPSA) is 17.8 Å². The van der Waals surface area contributed by atoms with E-state index in [1.54, 1.807) is 18.3 Å². The number of benzene rings is 2. The van der Waals surface area contributed by atoms with Gasteiger partial charge in [0.15, 0.2) is 0 Å². The first-order valence-corrected chi connectivity index (χ1v) is 7.52. The molecule has 3 aromatic rings. The molecule has 2 aromatic carbocycles.